The minimum Gasteiger partial charge on any atom is -0.383 e. The molecule has 0 saturated heterocycles. The molecule has 0 aliphatic carbocycles. The Morgan fingerprint density at radius 2 is 2.00 bits per heavy atom. The molecule has 0 saturated carbocycles. The second-order valence-electron chi connectivity index (χ2n) is 3.39. The van der Waals surface area contributed by atoms with Crippen LogP contribution in [0.4, 0.5) is 0 Å². The van der Waals surface area contributed by atoms with Gasteiger partial charge in [0.1, 0.15) is 0 Å². The average Bonchev–Trinajstić information content (AvgIpc) is 2.17. The van der Waals surface area contributed by atoms with E-state index in [2.05, 4.69) is 0 Å². The van der Waals surface area contributed by atoms with Crippen LogP contribution in [0.2, 0.25) is 0 Å². The molecule has 0 heterocycles. The van der Waals surface area contributed by atoms with Gasteiger partial charge in [-0.15, -0.1) is 0 Å². The number of hydrogen-bond acceptors (Lipinski definition) is 4. The highest BCUT2D eigenvalue weighted by Gasteiger charge is 2.24. The summed E-state index contributed by atoms with van der Waals surface area (Å²) in [6, 6.07) is 1.94. The van der Waals surface area contributed by atoms with E-state index in [9.17, 15) is 8.42 Å². The standard InChI is InChI=1S/C9H18N2O3S/c1-9(2)15(12,13)11(6-4-5-10)7-8-14-3/h9H,4,6-8H2,1-3H3. The number of methoxy groups -OCH3 is 1. The van der Waals surface area contributed by atoms with Gasteiger partial charge in [-0.1, -0.05) is 0 Å². The van der Waals surface area contributed by atoms with Crippen LogP contribution in [-0.4, -0.2) is 44.8 Å². The highest BCUT2D eigenvalue weighted by molar-refractivity contribution is 7.89. The second kappa shape index (κ2) is 6.77. The molecular formula is C9H18N2O3S. The van der Waals surface area contributed by atoms with Gasteiger partial charge >= 0.3 is 0 Å². The normalized spacial score (nSPS) is 12.0. The Morgan fingerprint density at radius 3 is 2.40 bits per heavy atom. The van der Waals surface area contributed by atoms with E-state index in [1.807, 2.05) is 6.07 Å². The van der Waals surface area contributed by atoms with Gasteiger partial charge in [-0.05, 0) is 13.8 Å². The number of sulfonamides is 1. The van der Waals surface area contributed by atoms with Crippen LogP contribution in [0.15, 0.2) is 0 Å². The van der Waals surface area contributed by atoms with E-state index in [1.54, 1.807) is 13.8 Å². The van der Waals surface area contributed by atoms with Crippen molar-refractivity contribution in [3.05, 3.63) is 0 Å². The Bertz CT molecular complexity index is 306. The summed E-state index contributed by atoms with van der Waals surface area (Å²) < 4.78 is 29.8. The second-order valence-corrected chi connectivity index (χ2v) is 5.88. The predicted octanol–water partition coefficient (Wildman–Crippen LogP) is 0.587. The van der Waals surface area contributed by atoms with E-state index in [-0.39, 0.29) is 13.0 Å². The molecule has 0 bridgehead atoms. The molecule has 0 aliphatic rings. The maximum atomic E-state index is 11.8. The molecule has 0 rings (SSSR count). The van der Waals surface area contributed by atoms with Crippen molar-refractivity contribution in [1.82, 2.24) is 4.31 Å². The third-order valence-corrected chi connectivity index (χ3v) is 4.25. The molecule has 88 valence electrons. The summed E-state index contributed by atoms with van der Waals surface area (Å²) in [5.41, 5.74) is 0. The van der Waals surface area contributed by atoms with Gasteiger partial charge < -0.3 is 4.74 Å². The van der Waals surface area contributed by atoms with Crippen LogP contribution in [0.25, 0.3) is 0 Å². The Labute approximate surface area is 91.7 Å². The van der Waals surface area contributed by atoms with Crippen LogP contribution in [-0.2, 0) is 14.8 Å². The number of ether oxygens (including phenoxy) is 1. The first kappa shape index (κ1) is 14.4. The van der Waals surface area contributed by atoms with Crippen molar-refractivity contribution in [2.24, 2.45) is 0 Å². The molecule has 0 unspecified atom stereocenters. The number of nitriles is 1. The lowest BCUT2D eigenvalue weighted by Crippen LogP contribution is -2.39. The fraction of sp³-hybridized carbons (Fsp3) is 0.889. The zero-order chi connectivity index (χ0) is 11.9. The highest BCUT2D eigenvalue weighted by atomic mass is 32.2. The molecule has 0 aromatic heterocycles. The minimum atomic E-state index is -3.28. The third kappa shape index (κ3) is 4.60. The van der Waals surface area contributed by atoms with E-state index in [4.69, 9.17) is 10.00 Å². The van der Waals surface area contributed by atoms with Crippen LogP contribution >= 0.6 is 0 Å². The summed E-state index contributed by atoms with van der Waals surface area (Å²) >= 11 is 0. The quantitative estimate of drug-likeness (QED) is 0.646. The summed E-state index contributed by atoms with van der Waals surface area (Å²) in [6.45, 7) is 4.14. The van der Waals surface area contributed by atoms with Crippen molar-refractivity contribution >= 4 is 10.0 Å². The predicted molar refractivity (Wildman–Crippen MR) is 57.7 cm³/mol. The van der Waals surface area contributed by atoms with Gasteiger partial charge in [0.15, 0.2) is 0 Å². The molecule has 15 heavy (non-hydrogen) atoms. The zero-order valence-electron chi connectivity index (χ0n) is 9.43. The van der Waals surface area contributed by atoms with E-state index in [0.717, 1.165) is 0 Å². The molecule has 0 atom stereocenters. The van der Waals surface area contributed by atoms with Crippen molar-refractivity contribution in [2.45, 2.75) is 25.5 Å². The fourth-order valence-corrected chi connectivity index (χ4v) is 2.30. The Balaban J connectivity index is 4.55. The molecule has 5 nitrogen and oxygen atoms in total. The molecular weight excluding hydrogens is 216 g/mol. The summed E-state index contributed by atoms with van der Waals surface area (Å²) in [6.07, 6.45) is 0.204. The van der Waals surface area contributed by atoms with Crippen molar-refractivity contribution < 1.29 is 13.2 Å². The van der Waals surface area contributed by atoms with Gasteiger partial charge in [0.05, 0.1) is 17.9 Å². The van der Waals surface area contributed by atoms with Crippen LogP contribution in [0.1, 0.15) is 20.3 Å². The SMILES string of the molecule is COCCN(CCC#N)S(=O)(=O)C(C)C. The van der Waals surface area contributed by atoms with E-state index in [1.165, 1.54) is 11.4 Å². The zero-order valence-corrected chi connectivity index (χ0v) is 10.2. The van der Waals surface area contributed by atoms with Crippen molar-refractivity contribution in [2.75, 3.05) is 26.8 Å². The molecule has 0 fully saturated rings. The van der Waals surface area contributed by atoms with Gasteiger partial charge in [-0.3, -0.25) is 0 Å². The lowest BCUT2D eigenvalue weighted by Gasteiger charge is -2.22. The van der Waals surface area contributed by atoms with Gasteiger partial charge in [0.25, 0.3) is 0 Å². The molecule has 0 amide bonds. The molecule has 0 radical (unpaired) electrons. The van der Waals surface area contributed by atoms with Crippen molar-refractivity contribution in [3.8, 4) is 6.07 Å². The molecule has 0 aromatic carbocycles. The lowest BCUT2D eigenvalue weighted by atomic mass is 10.4. The van der Waals surface area contributed by atoms with E-state index < -0.39 is 15.3 Å². The molecule has 0 spiro atoms. The largest absolute Gasteiger partial charge is 0.383 e. The van der Waals surface area contributed by atoms with Crippen LogP contribution in [0.5, 0.6) is 0 Å². The first-order valence-corrected chi connectivity index (χ1v) is 6.32. The lowest BCUT2D eigenvalue weighted by molar-refractivity contribution is 0.179. The fourth-order valence-electron chi connectivity index (χ4n) is 1.03. The summed E-state index contributed by atoms with van der Waals surface area (Å²) in [5, 5.41) is 7.98. The van der Waals surface area contributed by atoms with Gasteiger partial charge in [0, 0.05) is 26.6 Å². The maximum absolute atomic E-state index is 11.8. The molecule has 0 N–H and O–H groups in total. The molecule has 6 heteroatoms. The van der Waals surface area contributed by atoms with Crippen LogP contribution in [0.3, 0.4) is 0 Å². The number of hydrogen-bond donors (Lipinski definition) is 0. The van der Waals surface area contributed by atoms with Gasteiger partial charge in [-0.25, -0.2) is 8.42 Å². The minimum absolute atomic E-state index is 0.204. The Kier molecular flexibility index (Phi) is 6.48. The smallest absolute Gasteiger partial charge is 0.216 e. The van der Waals surface area contributed by atoms with Gasteiger partial charge in [0.2, 0.25) is 10.0 Å². The van der Waals surface area contributed by atoms with Crippen LogP contribution < -0.4 is 0 Å². The van der Waals surface area contributed by atoms with Crippen LogP contribution in [0, 0.1) is 11.3 Å². The summed E-state index contributed by atoms with van der Waals surface area (Å²) in [5.74, 6) is 0. The third-order valence-electron chi connectivity index (χ3n) is 1.97. The van der Waals surface area contributed by atoms with E-state index in [0.29, 0.717) is 13.2 Å². The van der Waals surface area contributed by atoms with Crippen molar-refractivity contribution in [1.29, 1.82) is 5.26 Å². The topological polar surface area (TPSA) is 70.4 Å². The first-order chi connectivity index (χ1) is 6.96. The van der Waals surface area contributed by atoms with E-state index >= 15 is 0 Å². The Hall–Kier alpha value is -0.640. The van der Waals surface area contributed by atoms with Gasteiger partial charge in [-0.2, -0.15) is 9.57 Å². The highest BCUT2D eigenvalue weighted by Crippen LogP contribution is 2.08. The molecule has 0 aliphatic heterocycles. The molecule has 0 aromatic rings. The monoisotopic (exact) mass is 234 g/mol. The average molecular weight is 234 g/mol. The maximum Gasteiger partial charge on any atom is 0.216 e. The summed E-state index contributed by atoms with van der Waals surface area (Å²) in [4.78, 5) is 0. The number of nitrogens with zero attached hydrogens (tertiary/aromatic N) is 2. The first-order valence-electron chi connectivity index (χ1n) is 4.81. The number of rotatable bonds is 7. The summed E-state index contributed by atoms with van der Waals surface area (Å²) in [7, 11) is -1.76. The Morgan fingerprint density at radius 1 is 1.40 bits per heavy atom. The van der Waals surface area contributed by atoms with Crippen molar-refractivity contribution in [3.63, 3.8) is 0 Å².